The van der Waals surface area contributed by atoms with Crippen molar-refractivity contribution in [2.45, 2.75) is 25.0 Å². The van der Waals surface area contributed by atoms with Crippen molar-refractivity contribution in [3.05, 3.63) is 29.8 Å². The van der Waals surface area contributed by atoms with E-state index in [0.29, 0.717) is 17.9 Å². The first-order valence-electron chi connectivity index (χ1n) is 7.60. The summed E-state index contributed by atoms with van der Waals surface area (Å²) in [6, 6.07) is 7.07. The molecule has 0 unspecified atom stereocenters. The second-order valence-corrected chi connectivity index (χ2v) is 7.12. The molecule has 0 radical (unpaired) electrons. The molecular weight excluding hydrogens is 316 g/mol. The van der Waals surface area contributed by atoms with Crippen molar-refractivity contribution in [1.29, 1.82) is 0 Å². The van der Waals surface area contributed by atoms with Crippen LogP contribution in [0.25, 0.3) is 0 Å². The molecule has 2 fully saturated rings. The van der Waals surface area contributed by atoms with Crippen molar-refractivity contribution in [2.24, 2.45) is 0 Å². The highest BCUT2D eigenvalue weighted by atomic mass is 32.2. The van der Waals surface area contributed by atoms with Crippen molar-refractivity contribution in [1.82, 2.24) is 10.2 Å². The highest BCUT2D eigenvalue weighted by Crippen LogP contribution is 2.33. The molecule has 2 N–H and O–H groups in total. The van der Waals surface area contributed by atoms with Crippen LogP contribution in [-0.4, -0.2) is 58.2 Å². The first kappa shape index (κ1) is 16.1. The minimum Gasteiger partial charge on any atom is -0.491 e. The monoisotopic (exact) mass is 336 g/mol. The fourth-order valence-corrected chi connectivity index (χ4v) is 4.16. The largest absolute Gasteiger partial charge is 0.491 e. The van der Waals surface area contributed by atoms with Crippen LogP contribution in [0.1, 0.15) is 12.0 Å². The minimum atomic E-state index is -0.922. The van der Waals surface area contributed by atoms with Crippen molar-refractivity contribution in [3.63, 3.8) is 0 Å². The molecular formula is C16H20N2O4S. The van der Waals surface area contributed by atoms with E-state index in [2.05, 4.69) is 5.32 Å². The van der Waals surface area contributed by atoms with Crippen LogP contribution in [0, 0.1) is 6.92 Å². The normalized spacial score (nSPS) is 25.0. The number of amides is 3. The number of urea groups is 1. The van der Waals surface area contributed by atoms with Crippen LogP contribution in [0.4, 0.5) is 4.79 Å². The van der Waals surface area contributed by atoms with E-state index in [9.17, 15) is 14.7 Å². The number of thioether (sulfide) groups is 1. The molecule has 1 aromatic rings. The van der Waals surface area contributed by atoms with Crippen molar-refractivity contribution < 1.29 is 19.4 Å². The maximum absolute atomic E-state index is 12.5. The molecule has 7 heteroatoms. The van der Waals surface area contributed by atoms with Crippen LogP contribution in [0.3, 0.4) is 0 Å². The van der Waals surface area contributed by atoms with Gasteiger partial charge in [-0.3, -0.25) is 9.69 Å². The Morgan fingerprint density at radius 1 is 1.48 bits per heavy atom. The highest BCUT2D eigenvalue weighted by Gasteiger charge is 2.53. The number of carbonyl (C=O) groups is 2. The van der Waals surface area contributed by atoms with E-state index in [4.69, 9.17) is 4.74 Å². The van der Waals surface area contributed by atoms with Gasteiger partial charge in [-0.15, -0.1) is 0 Å². The standard InChI is InChI=1S/C16H20N2O4S/c1-11-3-2-4-13(7-11)22-9-12(19)8-18-14(20)16(17-15(18)21)5-6-23-10-16/h2-4,7,12,19H,5-6,8-10H2,1H3,(H,17,21)/t12-,16+/m1/s1. The van der Waals surface area contributed by atoms with Gasteiger partial charge < -0.3 is 15.2 Å². The molecule has 2 aliphatic rings. The first-order chi connectivity index (χ1) is 11.0. The topological polar surface area (TPSA) is 78.9 Å². The molecule has 3 rings (SSSR count). The molecule has 0 aliphatic carbocycles. The first-order valence-corrected chi connectivity index (χ1v) is 8.75. The summed E-state index contributed by atoms with van der Waals surface area (Å²) in [6.07, 6.45) is -0.274. The van der Waals surface area contributed by atoms with E-state index in [0.717, 1.165) is 16.2 Å². The van der Waals surface area contributed by atoms with Crippen LogP contribution in [0.5, 0.6) is 5.75 Å². The number of carbonyl (C=O) groups excluding carboxylic acids is 2. The average molecular weight is 336 g/mol. The molecule has 124 valence electrons. The van der Waals surface area contributed by atoms with Crippen molar-refractivity contribution >= 4 is 23.7 Å². The third-order valence-corrected chi connectivity index (χ3v) is 5.28. The molecule has 2 atom stereocenters. The second kappa shape index (κ2) is 6.41. The Balaban J connectivity index is 1.56. The zero-order valence-electron chi connectivity index (χ0n) is 12.9. The lowest BCUT2D eigenvalue weighted by atomic mass is 9.99. The minimum absolute atomic E-state index is 0.0300. The Hall–Kier alpha value is -1.73. The SMILES string of the molecule is Cc1cccc(OC[C@H](O)CN2C(=O)N[C@]3(CCSC3)C2=O)c1. The summed E-state index contributed by atoms with van der Waals surface area (Å²) in [6.45, 7) is 1.93. The molecule has 6 nitrogen and oxygen atoms in total. The summed E-state index contributed by atoms with van der Waals surface area (Å²) in [5, 5.41) is 12.9. The van der Waals surface area contributed by atoms with Crippen LogP contribution < -0.4 is 10.1 Å². The number of ether oxygens (including phenoxy) is 1. The Morgan fingerprint density at radius 3 is 3.00 bits per heavy atom. The number of rotatable bonds is 5. The molecule has 0 saturated carbocycles. The Kier molecular flexibility index (Phi) is 4.50. The Morgan fingerprint density at radius 2 is 2.30 bits per heavy atom. The van der Waals surface area contributed by atoms with E-state index < -0.39 is 17.7 Å². The van der Waals surface area contributed by atoms with Crippen molar-refractivity contribution in [2.75, 3.05) is 24.7 Å². The maximum Gasteiger partial charge on any atom is 0.325 e. The van der Waals surface area contributed by atoms with E-state index >= 15 is 0 Å². The van der Waals surface area contributed by atoms with E-state index in [1.54, 1.807) is 17.8 Å². The fraction of sp³-hybridized carbons (Fsp3) is 0.500. The van der Waals surface area contributed by atoms with Gasteiger partial charge in [0.25, 0.3) is 5.91 Å². The third kappa shape index (κ3) is 3.30. The average Bonchev–Trinajstić information content (AvgIpc) is 3.07. The number of aryl methyl sites for hydroxylation is 1. The molecule has 0 aromatic heterocycles. The van der Waals surface area contributed by atoms with E-state index in [1.807, 2.05) is 25.1 Å². The summed E-state index contributed by atoms with van der Waals surface area (Å²) in [7, 11) is 0. The number of imide groups is 1. The molecule has 2 heterocycles. The van der Waals surface area contributed by atoms with Gasteiger partial charge in [0.2, 0.25) is 0 Å². The number of benzene rings is 1. The van der Waals surface area contributed by atoms with E-state index in [-0.39, 0.29) is 19.1 Å². The van der Waals surface area contributed by atoms with Gasteiger partial charge in [0.15, 0.2) is 0 Å². The van der Waals surface area contributed by atoms with Gasteiger partial charge in [0, 0.05) is 5.75 Å². The molecule has 2 saturated heterocycles. The predicted molar refractivity (Wildman–Crippen MR) is 87.6 cm³/mol. The van der Waals surface area contributed by atoms with Gasteiger partial charge >= 0.3 is 6.03 Å². The van der Waals surface area contributed by atoms with Gasteiger partial charge in [0.1, 0.15) is 24.0 Å². The Labute approximate surface area is 139 Å². The van der Waals surface area contributed by atoms with Gasteiger partial charge in [-0.2, -0.15) is 11.8 Å². The van der Waals surface area contributed by atoms with Gasteiger partial charge in [-0.25, -0.2) is 4.79 Å². The van der Waals surface area contributed by atoms with Crippen LogP contribution in [0.2, 0.25) is 0 Å². The fourth-order valence-electron chi connectivity index (χ4n) is 2.84. The molecule has 1 spiro atoms. The summed E-state index contributed by atoms with van der Waals surface area (Å²) < 4.78 is 5.52. The Bertz CT molecular complexity index is 616. The second-order valence-electron chi connectivity index (χ2n) is 6.01. The smallest absolute Gasteiger partial charge is 0.325 e. The zero-order chi connectivity index (χ0) is 16.4. The number of aliphatic hydroxyl groups excluding tert-OH is 1. The zero-order valence-corrected chi connectivity index (χ0v) is 13.8. The number of β-amino-alcohol motifs (C(OH)–C–C–N with tert-alkyl or cyclic N) is 1. The number of nitrogens with zero attached hydrogens (tertiary/aromatic N) is 1. The van der Waals surface area contributed by atoms with Gasteiger partial charge in [-0.1, -0.05) is 12.1 Å². The van der Waals surface area contributed by atoms with Crippen LogP contribution in [-0.2, 0) is 4.79 Å². The quantitative estimate of drug-likeness (QED) is 0.789. The van der Waals surface area contributed by atoms with E-state index in [1.165, 1.54) is 0 Å². The highest BCUT2D eigenvalue weighted by molar-refractivity contribution is 7.99. The number of nitrogens with one attached hydrogen (secondary N) is 1. The van der Waals surface area contributed by atoms with Crippen molar-refractivity contribution in [3.8, 4) is 5.75 Å². The third-order valence-electron chi connectivity index (χ3n) is 4.09. The lowest BCUT2D eigenvalue weighted by Gasteiger charge is -2.21. The predicted octanol–water partition coefficient (Wildman–Crippen LogP) is 1.16. The van der Waals surface area contributed by atoms with Gasteiger partial charge in [0.05, 0.1) is 6.54 Å². The lowest BCUT2D eigenvalue weighted by molar-refractivity contribution is -0.131. The summed E-state index contributed by atoms with van der Waals surface area (Å²) in [4.78, 5) is 25.6. The summed E-state index contributed by atoms with van der Waals surface area (Å²) in [5.74, 6) is 1.88. The molecule has 0 bridgehead atoms. The molecule has 1 aromatic carbocycles. The lowest BCUT2D eigenvalue weighted by Crippen LogP contribution is -2.47. The number of hydrogen-bond acceptors (Lipinski definition) is 5. The molecule has 3 amide bonds. The number of hydrogen-bond donors (Lipinski definition) is 2. The number of aliphatic hydroxyl groups is 1. The maximum atomic E-state index is 12.5. The van der Waals surface area contributed by atoms with Crippen LogP contribution >= 0.6 is 11.8 Å². The summed E-state index contributed by atoms with van der Waals surface area (Å²) in [5.41, 5.74) is 0.297. The van der Waals surface area contributed by atoms with Crippen LogP contribution in [0.15, 0.2) is 24.3 Å². The molecule has 2 aliphatic heterocycles. The summed E-state index contributed by atoms with van der Waals surface area (Å²) >= 11 is 1.66. The molecule has 23 heavy (non-hydrogen) atoms. The van der Waals surface area contributed by atoms with Gasteiger partial charge in [-0.05, 0) is 36.8 Å².